The molecule has 0 fully saturated rings. The highest BCUT2D eigenvalue weighted by Crippen LogP contribution is 2.08. The van der Waals surface area contributed by atoms with Crippen molar-refractivity contribution in [3.63, 3.8) is 0 Å². The van der Waals surface area contributed by atoms with Gasteiger partial charge in [0.25, 0.3) is 0 Å². The van der Waals surface area contributed by atoms with E-state index in [1.54, 1.807) is 7.11 Å². The van der Waals surface area contributed by atoms with Gasteiger partial charge in [-0.05, 0) is 18.4 Å². The van der Waals surface area contributed by atoms with Crippen LogP contribution in [0.25, 0.3) is 0 Å². The van der Waals surface area contributed by atoms with Crippen LogP contribution in [0.1, 0.15) is 25.3 Å². The molecule has 0 aliphatic heterocycles. The zero-order valence-electron chi connectivity index (χ0n) is 12.1. The lowest BCUT2D eigenvalue weighted by Gasteiger charge is -2.22. The second kappa shape index (κ2) is 8.73. The van der Waals surface area contributed by atoms with Gasteiger partial charge in [-0.25, -0.2) is 0 Å². The molecule has 106 valence electrons. The molecule has 1 aromatic rings. The van der Waals surface area contributed by atoms with Gasteiger partial charge in [-0.15, -0.1) is 0 Å². The molecule has 0 aliphatic carbocycles. The van der Waals surface area contributed by atoms with E-state index in [2.05, 4.69) is 31.0 Å². The van der Waals surface area contributed by atoms with Crippen molar-refractivity contribution in [2.75, 3.05) is 13.7 Å². The number of hydrogen-bond donors (Lipinski definition) is 2. The number of benzene rings is 1. The van der Waals surface area contributed by atoms with Gasteiger partial charge < -0.3 is 15.8 Å². The third-order valence-corrected chi connectivity index (χ3v) is 3.20. The van der Waals surface area contributed by atoms with E-state index < -0.39 is 0 Å². The molecule has 0 aliphatic rings. The van der Waals surface area contributed by atoms with Gasteiger partial charge in [0.1, 0.15) is 5.76 Å². The molecule has 0 spiro atoms. The Morgan fingerprint density at radius 1 is 1.37 bits per heavy atom. The van der Waals surface area contributed by atoms with Crippen molar-refractivity contribution in [3.8, 4) is 0 Å². The fourth-order valence-electron chi connectivity index (χ4n) is 2.09. The summed E-state index contributed by atoms with van der Waals surface area (Å²) in [5.74, 6) is 0.786. The summed E-state index contributed by atoms with van der Waals surface area (Å²) in [4.78, 5) is 0. The summed E-state index contributed by atoms with van der Waals surface area (Å²) in [5.41, 5.74) is 7.43. The van der Waals surface area contributed by atoms with Crippen molar-refractivity contribution in [2.45, 2.75) is 38.3 Å². The van der Waals surface area contributed by atoms with E-state index in [1.807, 2.05) is 18.2 Å². The molecule has 2 atom stereocenters. The van der Waals surface area contributed by atoms with Gasteiger partial charge in [-0.2, -0.15) is 0 Å². The average molecular weight is 262 g/mol. The Balaban J connectivity index is 2.39. The highest BCUT2D eigenvalue weighted by Gasteiger charge is 2.13. The number of hydrogen-bond acceptors (Lipinski definition) is 3. The maximum Gasteiger partial charge on any atom is 0.105 e. The van der Waals surface area contributed by atoms with Crippen LogP contribution in [-0.2, 0) is 11.2 Å². The minimum absolute atomic E-state index is 0.103. The van der Waals surface area contributed by atoms with Crippen LogP contribution in [0.5, 0.6) is 0 Å². The minimum Gasteiger partial charge on any atom is -0.500 e. The Morgan fingerprint density at radius 3 is 2.63 bits per heavy atom. The SMILES string of the molecule is C=C(OC)[C@H](CCC)NC[C@@H](N)Cc1ccccc1. The monoisotopic (exact) mass is 262 g/mol. The van der Waals surface area contributed by atoms with E-state index in [4.69, 9.17) is 10.5 Å². The van der Waals surface area contributed by atoms with Crippen molar-refractivity contribution in [1.82, 2.24) is 5.32 Å². The standard InChI is InChI=1S/C16H26N2O/c1-4-8-16(13(2)19-3)18-12-15(17)11-14-9-6-5-7-10-14/h5-7,9-10,15-16,18H,2,4,8,11-12,17H2,1,3H3/t15-,16-/m0/s1. The van der Waals surface area contributed by atoms with Crippen molar-refractivity contribution < 1.29 is 4.74 Å². The largest absolute Gasteiger partial charge is 0.500 e. The maximum absolute atomic E-state index is 6.16. The molecule has 0 saturated carbocycles. The molecule has 3 N–H and O–H groups in total. The van der Waals surface area contributed by atoms with Crippen molar-refractivity contribution >= 4 is 0 Å². The molecule has 0 heterocycles. The molecular weight excluding hydrogens is 236 g/mol. The highest BCUT2D eigenvalue weighted by atomic mass is 16.5. The Labute approximate surface area is 116 Å². The molecule has 0 bridgehead atoms. The Kier molecular flexibility index (Phi) is 7.23. The summed E-state index contributed by atoms with van der Waals surface area (Å²) in [6.45, 7) is 6.85. The van der Waals surface area contributed by atoms with E-state index >= 15 is 0 Å². The second-order valence-electron chi connectivity index (χ2n) is 4.87. The molecule has 0 unspecified atom stereocenters. The van der Waals surface area contributed by atoms with E-state index in [9.17, 15) is 0 Å². The summed E-state index contributed by atoms with van der Waals surface area (Å²) < 4.78 is 5.22. The zero-order valence-corrected chi connectivity index (χ0v) is 12.1. The second-order valence-corrected chi connectivity index (χ2v) is 4.87. The van der Waals surface area contributed by atoms with Crippen molar-refractivity contribution in [1.29, 1.82) is 0 Å². The van der Waals surface area contributed by atoms with E-state index in [1.165, 1.54) is 5.56 Å². The first-order valence-corrected chi connectivity index (χ1v) is 6.93. The Morgan fingerprint density at radius 2 is 2.05 bits per heavy atom. The normalized spacial score (nSPS) is 13.8. The van der Waals surface area contributed by atoms with Crippen LogP contribution in [0.15, 0.2) is 42.7 Å². The molecule has 3 heteroatoms. The topological polar surface area (TPSA) is 47.3 Å². The molecule has 0 saturated heterocycles. The van der Waals surface area contributed by atoms with E-state index in [-0.39, 0.29) is 12.1 Å². The first-order chi connectivity index (χ1) is 9.17. The summed E-state index contributed by atoms with van der Waals surface area (Å²) >= 11 is 0. The van der Waals surface area contributed by atoms with Crippen LogP contribution in [0.4, 0.5) is 0 Å². The van der Waals surface area contributed by atoms with E-state index in [0.29, 0.717) is 0 Å². The van der Waals surface area contributed by atoms with Crippen LogP contribution < -0.4 is 11.1 Å². The number of nitrogens with one attached hydrogen (secondary N) is 1. The smallest absolute Gasteiger partial charge is 0.105 e. The van der Waals surface area contributed by atoms with Crippen molar-refractivity contribution in [2.24, 2.45) is 5.73 Å². The van der Waals surface area contributed by atoms with Crippen LogP contribution in [-0.4, -0.2) is 25.7 Å². The summed E-state index contributed by atoms with van der Waals surface area (Å²) in [6, 6.07) is 10.6. The molecule has 0 aromatic heterocycles. The first kappa shape index (κ1) is 15.7. The van der Waals surface area contributed by atoms with Gasteiger partial charge in [0.05, 0.1) is 13.2 Å². The van der Waals surface area contributed by atoms with E-state index in [0.717, 1.165) is 31.6 Å². The predicted octanol–water partition coefficient (Wildman–Crippen LogP) is 2.47. The lowest BCUT2D eigenvalue weighted by molar-refractivity contribution is 0.245. The quantitative estimate of drug-likeness (QED) is 0.672. The molecule has 1 rings (SSSR count). The molecular formula is C16H26N2O. The zero-order chi connectivity index (χ0) is 14.1. The average Bonchev–Trinajstić information content (AvgIpc) is 2.43. The number of nitrogens with two attached hydrogens (primary N) is 1. The Hall–Kier alpha value is -1.32. The minimum atomic E-state index is 0.103. The summed E-state index contributed by atoms with van der Waals surface area (Å²) in [6.07, 6.45) is 2.99. The van der Waals surface area contributed by atoms with Gasteiger partial charge in [0.2, 0.25) is 0 Å². The molecule has 0 radical (unpaired) electrons. The summed E-state index contributed by atoms with van der Waals surface area (Å²) in [5, 5.41) is 3.44. The maximum atomic E-state index is 6.16. The van der Waals surface area contributed by atoms with Gasteiger partial charge in [-0.1, -0.05) is 50.3 Å². The molecule has 1 aromatic carbocycles. The fraction of sp³-hybridized carbons (Fsp3) is 0.500. The lowest BCUT2D eigenvalue weighted by Crippen LogP contribution is -2.41. The number of methoxy groups -OCH3 is 1. The third kappa shape index (κ3) is 5.90. The number of rotatable bonds is 9. The van der Waals surface area contributed by atoms with Crippen LogP contribution in [0.3, 0.4) is 0 Å². The van der Waals surface area contributed by atoms with Crippen LogP contribution in [0, 0.1) is 0 Å². The predicted molar refractivity (Wildman–Crippen MR) is 81.0 cm³/mol. The lowest BCUT2D eigenvalue weighted by atomic mass is 10.1. The first-order valence-electron chi connectivity index (χ1n) is 6.93. The molecule has 19 heavy (non-hydrogen) atoms. The number of ether oxygens (including phenoxy) is 1. The van der Waals surface area contributed by atoms with Gasteiger partial charge in [-0.3, -0.25) is 0 Å². The molecule has 0 amide bonds. The van der Waals surface area contributed by atoms with Crippen molar-refractivity contribution in [3.05, 3.63) is 48.2 Å². The molecule has 3 nitrogen and oxygen atoms in total. The fourth-order valence-corrected chi connectivity index (χ4v) is 2.09. The van der Waals surface area contributed by atoms with Gasteiger partial charge >= 0.3 is 0 Å². The van der Waals surface area contributed by atoms with Gasteiger partial charge in [0, 0.05) is 12.6 Å². The third-order valence-electron chi connectivity index (χ3n) is 3.20. The van der Waals surface area contributed by atoms with Crippen LogP contribution in [0.2, 0.25) is 0 Å². The Bertz CT molecular complexity index is 364. The summed E-state index contributed by atoms with van der Waals surface area (Å²) in [7, 11) is 1.66. The highest BCUT2D eigenvalue weighted by molar-refractivity contribution is 5.15. The van der Waals surface area contributed by atoms with Gasteiger partial charge in [0.15, 0.2) is 0 Å². The van der Waals surface area contributed by atoms with Crippen LogP contribution >= 0.6 is 0 Å².